The Labute approximate surface area is 111 Å². The van der Waals surface area contributed by atoms with Crippen molar-refractivity contribution in [3.8, 4) is 0 Å². The zero-order valence-electron chi connectivity index (χ0n) is 12.2. The topological polar surface area (TPSA) is 49.8 Å². The molecule has 4 heteroatoms. The molecular weight excluding hydrogens is 224 g/mol. The van der Waals surface area contributed by atoms with E-state index in [0.717, 1.165) is 24.6 Å². The second kappa shape index (κ2) is 7.19. The van der Waals surface area contributed by atoms with E-state index in [-0.39, 0.29) is 0 Å². The van der Waals surface area contributed by atoms with Crippen molar-refractivity contribution in [1.29, 1.82) is 0 Å². The molecule has 2 N–H and O–H groups in total. The second-order valence-corrected chi connectivity index (χ2v) is 5.00. The molecule has 0 aromatic carbocycles. The van der Waals surface area contributed by atoms with Crippen LogP contribution in [0.15, 0.2) is 6.33 Å². The lowest BCUT2D eigenvalue weighted by molar-refractivity contribution is 0.683. The van der Waals surface area contributed by atoms with Gasteiger partial charge in [0.05, 0.1) is 0 Å². The van der Waals surface area contributed by atoms with Crippen molar-refractivity contribution in [1.82, 2.24) is 9.97 Å². The molecule has 4 nitrogen and oxygen atoms in total. The molecule has 18 heavy (non-hydrogen) atoms. The molecule has 0 saturated heterocycles. The molecule has 0 aliphatic heterocycles. The maximum absolute atomic E-state index is 4.40. The minimum Gasteiger partial charge on any atom is -0.370 e. The van der Waals surface area contributed by atoms with Crippen molar-refractivity contribution >= 4 is 11.6 Å². The molecule has 0 spiro atoms. The van der Waals surface area contributed by atoms with Gasteiger partial charge in [-0.25, -0.2) is 9.97 Å². The van der Waals surface area contributed by atoms with Crippen LogP contribution in [0.2, 0.25) is 0 Å². The van der Waals surface area contributed by atoms with Crippen molar-refractivity contribution < 1.29 is 0 Å². The first kappa shape index (κ1) is 14.7. The van der Waals surface area contributed by atoms with Crippen molar-refractivity contribution in [3.63, 3.8) is 0 Å². The Bertz CT molecular complexity index is 363. The number of hydrogen-bond acceptors (Lipinski definition) is 4. The fraction of sp³-hybridized carbons (Fsp3) is 0.714. The molecule has 0 fully saturated rings. The normalized spacial score (nSPS) is 12.6. The largest absolute Gasteiger partial charge is 0.370 e. The molecule has 1 unspecified atom stereocenters. The summed E-state index contributed by atoms with van der Waals surface area (Å²) >= 11 is 0. The fourth-order valence-corrected chi connectivity index (χ4v) is 2.10. The molecule has 0 aliphatic carbocycles. The molecule has 0 bridgehead atoms. The number of hydrogen-bond donors (Lipinski definition) is 2. The van der Waals surface area contributed by atoms with E-state index >= 15 is 0 Å². The van der Waals surface area contributed by atoms with Crippen LogP contribution in [0.5, 0.6) is 0 Å². The Balaban J connectivity index is 2.98. The maximum atomic E-state index is 4.40. The van der Waals surface area contributed by atoms with Gasteiger partial charge in [0.1, 0.15) is 18.0 Å². The lowest BCUT2D eigenvalue weighted by atomic mass is 10.0. The van der Waals surface area contributed by atoms with Crippen LogP contribution < -0.4 is 10.6 Å². The van der Waals surface area contributed by atoms with Crippen LogP contribution in [-0.2, 0) is 0 Å². The molecule has 102 valence electrons. The van der Waals surface area contributed by atoms with Crippen molar-refractivity contribution in [2.24, 2.45) is 0 Å². The summed E-state index contributed by atoms with van der Waals surface area (Å²) in [5.74, 6) is 2.32. The van der Waals surface area contributed by atoms with Gasteiger partial charge in [0.2, 0.25) is 0 Å². The Hall–Kier alpha value is -1.32. The summed E-state index contributed by atoms with van der Waals surface area (Å²) in [5.41, 5.74) is 1.18. The highest BCUT2D eigenvalue weighted by Gasteiger charge is 2.15. The Morgan fingerprint density at radius 2 is 1.78 bits per heavy atom. The van der Waals surface area contributed by atoms with Gasteiger partial charge in [0.25, 0.3) is 0 Å². The van der Waals surface area contributed by atoms with Gasteiger partial charge >= 0.3 is 0 Å². The van der Waals surface area contributed by atoms with E-state index in [0.29, 0.717) is 12.0 Å². The monoisotopic (exact) mass is 250 g/mol. The summed E-state index contributed by atoms with van der Waals surface area (Å²) < 4.78 is 0. The molecular formula is C14H26N4. The van der Waals surface area contributed by atoms with Gasteiger partial charge in [0, 0.05) is 18.2 Å². The number of nitrogens with zero attached hydrogens (tertiary/aromatic N) is 2. The van der Waals surface area contributed by atoms with E-state index < -0.39 is 0 Å². The summed E-state index contributed by atoms with van der Waals surface area (Å²) in [6, 6.07) is 0.442. The van der Waals surface area contributed by atoms with Gasteiger partial charge in [-0.05, 0) is 26.2 Å². The molecule has 0 amide bonds. The second-order valence-electron chi connectivity index (χ2n) is 5.00. The van der Waals surface area contributed by atoms with Crippen LogP contribution in [0.4, 0.5) is 11.6 Å². The van der Waals surface area contributed by atoms with Gasteiger partial charge < -0.3 is 10.6 Å². The van der Waals surface area contributed by atoms with Crippen LogP contribution in [0.25, 0.3) is 0 Å². The van der Waals surface area contributed by atoms with Crippen molar-refractivity contribution in [2.45, 2.75) is 59.4 Å². The van der Waals surface area contributed by atoms with E-state index in [4.69, 9.17) is 0 Å². The van der Waals surface area contributed by atoms with Crippen LogP contribution >= 0.6 is 0 Å². The quantitative estimate of drug-likeness (QED) is 0.776. The van der Waals surface area contributed by atoms with Crippen LogP contribution in [0.3, 0.4) is 0 Å². The van der Waals surface area contributed by atoms with E-state index in [2.05, 4.69) is 55.2 Å². The summed E-state index contributed by atoms with van der Waals surface area (Å²) in [6.45, 7) is 11.7. The van der Waals surface area contributed by atoms with Gasteiger partial charge in [0.15, 0.2) is 0 Å². The predicted molar refractivity (Wildman–Crippen MR) is 78.3 cm³/mol. The van der Waals surface area contributed by atoms with Crippen molar-refractivity contribution in [2.75, 3.05) is 17.2 Å². The number of nitrogens with one attached hydrogen (secondary N) is 2. The number of rotatable bonds is 7. The molecule has 0 saturated carbocycles. The first-order valence-corrected chi connectivity index (χ1v) is 6.95. The first-order valence-electron chi connectivity index (χ1n) is 6.95. The maximum Gasteiger partial charge on any atom is 0.135 e. The first-order chi connectivity index (χ1) is 8.60. The SMILES string of the molecule is CCCC(C)Nc1ncnc(NCC)c1C(C)C. The highest BCUT2D eigenvalue weighted by Crippen LogP contribution is 2.28. The molecule has 1 heterocycles. The minimum atomic E-state index is 0.400. The summed E-state index contributed by atoms with van der Waals surface area (Å²) in [4.78, 5) is 8.74. The zero-order valence-corrected chi connectivity index (χ0v) is 12.2. The Kier molecular flexibility index (Phi) is 5.89. The smallest absolute Gasteiger partial charge is 0.135 e. The molecule has 0 aliphatic rings. The van der Waals surface area contributed by atoms with Crippen LogP contribution in [0.1, 0.15) is 58.9 Å². The minimum absolute atomic E-state index is 0.400. The number of anilines is 2. The summed E-state index contributed by atoms with van der Waals surface area (Å²) in [5, 5.41) is 6.81. The predicted octanol–water partition coefficient (Wildman–Crippen LogP) is 3.63. The van der Waals surface area contributed by atoms with Gasteiger partial charge in [-0.1, -0.05) is 27.2 Å². The lowest BCUT2D eigenvalue weighted by Gasteiger charge is -2.20. The van der Waals surface area contributed by atoms with E-state index in [1.165, 1.54) is 12.0 Å². The Morgan fingerprint density at radius 1 is 1.11 bits per heavy atom. The van der Waals surface area contributed by atoms with E-state index in [1.807, 2.05) is 0 Å². The van der Waals surface area contributed by atoms with Crippen LogP contribution in [0, 0.1) is 0 Å². The molecule has 1 aromatic rings. The average Bonchev–Trinajstić information content (AvgIpc) is 2.29. The van der Waals surface area contributed by atoms with Crippen LogP contribution in [-0.4, -0.2) is 22.6 Å². The third-order valence-electron chi connectivity index (χ3n) is 2.91. The standard InChI is InChI=1S/C14H26N4/c1-6-8-11(5)18-14-12(10(3)4)13(15-7-2)16-9-17-14/h9-11H,6-8H2,1-5H3,(H2,15,16,17,18). The average molecular weight is 250 g/mol. The third-order valence-corrected chi connectivity index (χ3v) is 2.91. The van der Waals surface area contributed by atoms with Gasteiger partial charge in [-0.15, -0.1) is 0 Å². The zero-order chi connectivity index (χ0) is 13.5. The summed E-state index contributed by atoms with van der Waals surface area (Å²) in [6.07, 6.45) is 3.96. The number of aromatic nitrogens is 2. The van der Waals surface area contributed by atoms with Crippen molar-refractivity contribution in [3.05, 3.63) is 11.9 Å². The highest BCUT2D eigenvalue weighted by atomic mass is 15.1. The molecule has 0 radical (unpaired) electrons. The van der Waals surface area contributed by atoms with Gasteiger partial charge in [-0.3, -0.25) is 0 Å². The van der Waals surface area contributed by atoms with E-state index in [1.54, 1.807) is 6.33 Å². The summed E-state index contributed by atoms with van der Waals surface area (Å²) in [7, 11) is 0. The van der Waals surface area contributed by atoms with Gasteiger partial charge in [-0.2, -0.15) is 0 Å². The lowest BCUT2D eigenvalue weighted by Crippen LogP contribution is -2.18. The van der Waals surface area contributed by atoms with E-state index in [9.17, 15) is 0 Å². The molecule has 1 atom stereocenters. The third kappa shape index (κ3) is 3.86. The molecule has 1 rings (SSSR count). The Morgan fingerprint density at radius 3 is 2.33 bits per heavy atom. The fourth-order valence-electron chi connectivity index (χ4n) is 2.10. The highest BCUT2D eigenvalue weighted by molar-refractivity contribution is 5.59. The molecule has 1 aromatic heterocycles.